The Kier molecular flexibility index (Phi) is 6.08. The molecule has 2 aromatic heterocycles. The highest BCUT2D eigenvalue weighted by Crippen LogP contribution is 2.25. The molecular weight excluding hydrogens is 427 g/mol. The van der Waals surface area contributed by atoms with Crippen molar-refractivity contribution >= 4 is 45.7 Å². The van der Waals surface area contributed by atoms with E-state index in [1.54, 1.807) is 18.2 Å². The van der Waals surface area contributed by atoms with Gasteiger partial charge in [-0.05, 0) is 68.2 Å². The highest BCUT2D eigenvalue weighted by Gasteiger charge is 2.41. The molecule has 0 saturated carbocycles. The smallest absolute Gasteiger partial charge is 0.262 e. The molecule has 1 aromatic carbocycles. The van der Waals surface area contributed by atoms with E-state index in [2.05, 4.69) is 20.9 Å². The third kappa shape index (κ3) is 4.35. The third-order valence-corrected chi connectivity index (χ3v) is 6.68. The summed E-state index contributed by atoms with van der Waals surface area (Å²) in [4.78, 5) is 29.4. The van der Waals surface area contributed by atoms with Crippen molar-refractivity contribution in [2.45, 2.75) is 24.8 Å². The highest BCUT2D eigenvalue weighted by molar-refractivity contribution is 7.18. The molecule has 0 spiro atoms. The van der Waals surface area contributed by atoms with Gasteiger partial charge in [0.25, 0.3) is 5.91 Å². The third-order valence-electron chi connectivity index (χ3n) is 5.45. The number of aromatic amines is 1. The highest BCUT2D eigenvalue weighted by atomic mass is 35.5. The molecule has 3 heterocycles. The predicted octanol–water partition coefficient (Wildman–Crippen LogP) is 3.23. The van der Waals surface area contributed by atoms with Gasteiger partial charge in [-0.25, -0.2) is 4.39 Å². The Hall–Kier alpha value is -2.42. The van der Waals surface area contributed by atoms with Gasteiger partial charge in [-0.1, -0.05) is 11.6 Å². The van der Waals surface area contributed by atoms with Crippen LogP contribution in [-0.2, 0) is 11.2 Å². The number of halogens is 2. The van der Waals surface area contributed by atoms with E-state index in [0.717, 1.165) is 16.5 Å². The van der Waals surface area contributed by atoms with Gasteiger partial charge in [0.15, 0.2) is 0 Å². The molecule has 3 aromatic rings. The van der Waals surface area contributed by atoms with Crippen LogP contribution in [0.4, 0.5) is 4.39 Å². The van der Waals surface area contributed by atoms with Crippen molar-refractivity contribution in [3.63, 3.8) is 0 Å². The number of benzene rings is 1. The lowest BCUT2D eigenvalue weighted by Gasteiger charge is -2.36. The second-order valence-electron chi connectivity index (χ2n) is 7.40. The van der Waals surface area contributed by atoms with Crippen LogP contribution in [0, 0.1) is 5.82 Å². The largest absolute Gasteiger partial charge is 0.361 e. The minimum absolute atomic E-state index is 0.203. The van der Waals surface area contributed by atoms with Crippen LogP contribution in [0.15, 0.2) is 36.5 Å². The monoisotopic (exact) mass is 448 g/mol. The molecule has 9 heteroatoms. The summed E-state index contributed by atoms with van der Waals surface area (Å²) >= 11 is 7.12. The lowest BCUT2D eigenvalue weighted by atomic mass is 9.87. The maximum atomic E-state index is 13.6. The van der Waals surface area contributed by atoms with E-state index in [4.69, 9.17) is 11.6 Å². The topological polar surface area (TPSA) is 86.0 Å². The van der Waals surface area contributed by atoms with Crippen LogP contribution in [0.25, 0.3) is 10.9 Å². The zero-order chi connectivity index (χ0) is 21.1. The molecule has 30 heavy (non-hydrogen) atoms. The molecule has 0 bridgehead atoms. The lowest BCUT2D eigenvalue weighted by Crippen LogP contribution is -2.63. The van der Waals surface area contributed by atoms with Gasteiger partial charge >= 0.3 is 0 Å². The SMILES string of the molecule is O=C(NC1(C(=O)NCCc2c[nH]c3ccc(F)cc23)CCNCC1)c1ccc(Cl)s1. The summed E-state index contributed by atoms with van der Waals surface area (Å²) in [5.41, 5.74) is 0.821. The van der Waals surface area contributed by atoms with Crippen molar-refractivity contribution < 1.29 is 14.0 Å². The Labute approximate surface area is 182 Å². The zero-order valence-corrected chi connectivity index (χ0v) is 17.8. The number of hydrogen-bond donors (Lipinski definition) is 4. The van der Waals surface area contributed by atoms with Gasteiger partial charge < -0.3 is 20.9 Å². The Balaban J connectivity index is 1.43. The summed E-state index contributed by atoms with van der Waals surface area (Å²) in [6, 6.07) is 7.92. The summed E-state index contributed by atoms with van der Waals surface area (Å²) in [7, 11) is 0. The average Bonchev–Trinajstić information content (AvgIpc) is 3.35. The van der Waals surface area contributed by atoms with Gasteiger partial charge in [0.2, 0.25) is 5.91 Å². The number of carbonyl (C=O) groups is 2. The van der Waals surface area contributed by atoms with Gasteiger partial charge in [0.05, 0.1) is 9.21 Å². The van der Waals surface area contributed by atoms with Gasteiger partial charge in [-0.15, -0.1) is 11.3 Å². The second kappa shape index (κ2) is 8.75. The maximum absolute atomic E-state index is 13.6. The zero-order valence-electron chi connectivity index (χ0n) is 16.2. The van der Waals surface area contributed by atoms with E-state index in [1.807, 2.05) is 6.20 Å². The fourth-order valence-electron chi connectivity index (χ4n) is 3.81. The molecule has 158 valence electrons. The molecule has 2 amide bonds. The Morgan fingerprint density at radius 1 is 1.20 bits per heavy atom. The van der Waals surface area contributed by atoms with Crippen molar-refractivity contribution in [1.82, 2.24) is 20.9 Å². The van der Waals surface area contributed by atoms with Crippen LogP contribution in [0.3, 0.4) is 0 Å². The predicted molar refractivity (Wildman–Crippen MR) is 117 cm³/mol. The molecule has 4 rings (SSSR count). The van der Waals surface area contributed by atoms with Gasteiger partial charge in [0, 0.05) is 23.6 Å². The number of amides is 2. The van der Waals surface area contributed by atoms with Gasteiger partial charge in [-0.2, -0.15) is 0 Å². The van der Waals surface area contributed by atoms with Crippen LogP contribution in [-0.4, -0.2) is 42.0 Å². The summed E-state index contributed by atoms with van der Waals surface area (Å²) < 4.78 is 14.1. The minimum Gasteiger partial charge on any atom is -0.361 e. The molecular formula is C21H22ClFN4O2S. The van der Waals surface area contributed by atoms with Crippen molar-refractivity contribution in [3.8, 4) is 0 Å². The summed E-state index contributed by atoms with van der Waals surface area (Å²) in [5.74, 6) is -0.792. The quantitative estimate of drug-likeness (QED) is 0.467. The first kappa shape index (κ1) is 20.8. The second-order valence-corrected chi connectivity index (χ2v) is 9.11. The minimum atomic E-state index is -0.967. The molecule has 1 saturated heterocycles. The van der Waals surface area contributed by atoms with E-state index >= 15 is 0 Å². The van der Waals surface area contributed by atoms with Crippen molar-refractivity contribution in [2.24, 2.45) is 0 Å². The van der Waals surface area contributed by atoms with Crippen molar-refractivity contribution in [2.75, 3.05) is 19.6 Å². The number of nitrogens with one attached hydrogen (secondary N) is 4. The number of aromatic nitrogens is 1. The molecule has 1 aliphatic rings. The Morgan fingerprint density at radius 2 is 2.00 bits per heavy atom. The molecule has 1 fully saturated rings. The van der Waals surface area contributed by atoms with E-state index in [1.165, 1.54) is 23.5 Å². The Bertz CT molecular complexity index is 1070. The molecule has 1 aliphatic heterocycles. The normalized spacial score (nSPS) is 15.8. The molecule has 0 aliphatic carbocycles. The van der Waals surface area contributed by atoms with Crippen LogP contribution in [0.5, 0.6) is 0 Å². The number of piperidine rings is 1. The molecule has 0 radical (unpaired) electrons. The number of hydrogen-bond acceptors (Lipinski definition) is 4. The first-order valence-electron chi connectivity index (χ1n) is 9.79. The lowest BCUT2D eigenvalue weighted by molar-refractivity contribution is -0.128. The molecule has 0 atom stereocenters. The fourth-order valence-corrected chi connectivity index (χ4v) is 4.75. The number of fused-ring (bicyclic) bond motifs is 1. The average molecular weight is 449 g/mol. The molecule has 0 unspecified atom stereocenters. The first-order chi connectivity index (χ1) is 14.5. The van der Waals surface area contributed by atoms with E-state index in [9.17, 15) is 14.0 Å². The van der Waals surface area contributed by atoms with Crippen molar-refractivity contribution in [3.05, 3.63) is 57.1 Å². The van der Waals surface area contributed by atoms with E-state index in [-0.39, 0.29) is 17.6 Å². The number of H-pyrrole nitrogens is 1. The van der Waals surface area contributed by atoms with Crippen molar-refractivity contribution in [1.29, 1.82) is 0 Å². The standard InChI is InChI=1S/C21H22ClFN4O2S/c22-18-4-3-17(30-18)19(28)27-21(6-9-24-10-7-21)20(29)25-8-5-13-12-26-16-2-1-14(23)11-15(13)16/h1-4,11-12,24,26H,5-10H2,(H,25,29)(H,27,28). The van der Waals surface area contributed by atoms with Gasteiger partial charge in [-0.3, -0.25) is 9.59 Å². The number of thiophene rings is 1. The van der Waals surface area contributed by atoms with E-state index < -0.39 is 5.54 Å². The van der Waals surface area contributed by atoms with Crippen LogP contribution in [0.1, 0.15) is 28.1 Å². The number of rotatable bonds is 6. The first-order valence-corrected chi connectivity index (χ1v) is 11.0. The van der Waals surface area contributed by atoms with Crippen LogP contribution >= 0.6 is 22.9 Å². The molecule has 6 nitrogen and oxygen atoms in total. The summed E-state index contributed by atoms with van der Waals surface area (Å²) in [6.45, 7) is 1.67. The van der Waals surface area contributed by atoms with Crippen LogP contribution in [0.2, 0.25) is 4.34 Å². The Morgan fingerprint density at radius 3 is 2.73 bits per heavy atom. The molecule has 4 N–H and O–H groups in total. The maximum Gasteiger partial charge on any atom is 0.262 e. The summed E-state index contributed by atoms with van der Waals surface area (Å²) in [6.07, 6.45) is 3.39. The van der Waals surface area contributed by atoms with Crippen LogP contribution < -0.4 is 16.0 Å². The van der Waals surface area contributed by atoms with E-state index in [0.29, 0.717) is 48.1 Å². The summed E-state index contributed by atoms with van der Waals surface area (Å²) in [5, 5.41) is 9.94. The fraction of sp³-hybridized carbons (Fsp3) is 0.333. The van der Waals surface area contributed by atoms with Gasteiger partial charge in [0.1, 0.15) is 11.4 Å². The number of carbonyl (C=O) groups excluding carboxylic acids is 2.